The molecule has 21 heavy (non-hydrogen) atoms. The number of halogens is 2. The number of anilines is 1. The molecule has 4 nitrogen and oxygen atoms in total. The molecule has 0 aliphatic rings. The molecule has 2 rings (SSSR count). The molecule has 0 fully saturated rings. The lowest BCUT2D eigenvalue weighted by atomic mass is 10.1. The minimum absolute atomic E-state index is 0.349. The van der Waals surface area contributed by atoms with E-state index in [-0.39, 0.29) is 5.91 Å². The van der Waals surface area contributed by atoms with Crippen LogP contribution in [0.2, 0.25) is 10.0 Å². The first kappa shape index (κ1) is 15.4. The molecular weight excluding hydrogens is 313 g/mol. The van der Waals surface area contributed by atoms with E-state index in [0.717, 1.165) is 0 Å². The van der Waals surface area contributed by atoms with Crippen molar-refractivity contribution in [3.63, 3.8) is 0 Å². The van der Waals surface area contributed by atoms with Gasteiger partial charge in [-0.1, -0.05) is 29.3 Å². The highest BCUT2D eigenvalue weighted by atomic mass is 35.5. The Bertz CT molecular complexity index is 664. The van der Waals surface area contributed by atoms with Crippen LogP contribution in [0.3, 0.4) is 0 Å². The second kappa shape index (κ2) is 6.61. The second-order valence-electron chi connectivity index (χ2n) is 4.12. The van der Waals surface area contributed by atoms with Gasteiger partial charge in [0.2, 0.25) is 0 Å². The number of hydrogen-bond donors (Lipinski definition) is 1. The molecule has 0 heterocycles. The number of carbonyl (C=O) groups excluding carboxylic acids is 2. The van der Waals surface area contributed by atoms with Crippen LogP contribution in [0.4, 0.5) is 5.69 Å². The van der Waals surface area contributed by atoms with Gasteiger partial charge in [0.05, 0.1) is 28.4 Å². The summed E-state index contributed by atoms with van der Waals surface area (Å²) in [5.74, 6) is -0.836. The standard InChI is InChI=1S/C15H11Cl2NO3/c1-21-15(20)10-7-5-9(6-8-10)14(19)18-13-11(16)3-2-4-12(13)17/h2-8H,1H3,(H,18,19). The number of esters is 1. The molecule has 0 saturated heterocycles. The smallest absolute Gasteiger partial charge is 0.337 e. The normalized spacial score (nSPS) is 10.0. The van der Waals surface area contributed by atoms with Crippen molar-refractivity contribution in [3.8, 4) is 0 Å². The van der Waals surface area contributed by atoms with Crippen molar-refractivity contribution in [3.05, 3.63) is 63.6 Å². The third kappa shape index (κ3) is 3.54. The molecule has 0 aliphatic heterocycles. The Balaban J connectivity index is 2.19. The van der Waals surface area contributed by atoms with Gasteiger partial charge in [0.25, 0.3) is 5.91 Å². The summed E-state index contributed by atoms with van der Waals surface area (Å²) < 4.78 is 4.59. The van der Waals surface area contributed by atoms with E-state index in [1.165, 1.54) is 31.4 Å². The van der Waals surface area contributed by atoms with Crippen LogP contribution in [0.25, 0.3) is 0 Å². The van der Waals surface area contributed by atoms with Crippen LogP contribution in [0.1, 0.15) is 20.7 Å². The lowest BCUT2D eigenvalue weighted by Gasteiger charge is -2.09. The summed E-state index contributed by atoms with van der Waals surface area (Å²) in [5.41, 5.74) is 1.09. The van der Waals surface area contributed by atoms with E-state index in [4.69, 9.17) is 23.2 Å². The third-order valence-corrected chi connectivity index (χ3v) is 3.40. The highest BCUT2D eigenvalue weighted by Crippen LogP contribution is 2.30. The van der Waals surface area contributed by atoms with Crippen LogP contribution in [0, 0.1) is 0 Å². The van der Waals surface area contributed by atoms with Gasteiger partial charge in [0.1, 0.15) is 0 Å². The average molecular weight is 324 g/mol. The molecule has 2 aromatic rings. The van der Waals surface area contributed by atoms with Crippen LogP contribution in [-0.4, -0.2) is 19.0 Å². The summed E-state index contributed by atoms with van der Waals surface area (Å²) in [6, 6.07) is 11.0. The molecule has 108 valence electrons. The summed E-state index contributed by atoms with van der Waals surface area (Å²) >= 11 is 12.0. The van der Waals surface area contributed by atoms with Gasteiger partial charge in [0, 0.05) is 5.56 Å². The van der Waals surface area contributed by atoms with Crippen molar-refractivity contribution in [2.75, 3.05) is 12.4 Å². The van der Waals surface area contributed by atoms with Gasteiger partial charge in [-0.3, -0.25) is 4.79 Å². The molecule has 0 spiro atoms. The predicted molar refractivity (Wildman–Crippen MR) is 82.2 cm³/mol. The average Bonchev–Trinajstić information content (AvgIpc) is 2.50. The lowest BCUT2D eigenvalue weighted by molar-refractivity contribution is 0.0600. The fraction of sp³-hybridized carbons (Fsp3) is 0.0667. The van der Waals surface area contributed by atoms with E-state index in [1.54, 1.807) is 18.2 Å². The molecule has 0 atom stereocenters. The van der Waals surface area contributed by atoms with Crippen molar-refractivity contribution in [1.82, 2.24) is 0 Å². The van der Waals surface area contributed by atoms with E-state index in [9.17, 15) is 9.59 Å². The van der Waals surface area contributed by atoms with Crippen molar-refractivity contribution < 1.29 is 14.3 Å². The number of ether oxygens (including phenoxy) is 1. The molecule has 2 aromatic carbocycles. The summed E-state index contributed by atoms with van der Waals surface area (Å²) in [7, 11) is 1.29. The molecule has 1 N–H and O–H groups in total. The molecule has 0 aliphatic carbocycles. The van der Waals surface area contributed by atoms with Gasteiger partial charge in [-0.15, -0.1) is 0 Å². The molecule has 0 unspecified atom stereocenters. The zero-order valence-corrected chi connectivity index (χ0v) is 12.5. The van der Waals surface area contributed by atoms with Gasteiger partial charge < -0.3 is 10.1 Å². The first-order valence-corrected chi connectivity index (χ1v) is 6.72. The van der Waals surface area contributed by atoms with Crippen molar-refractivity contribution in [1.29, 1.82) is 0 Å². The zero-order chi connectivity index (χ0) is 15.4. The number of amides is 1. The van der Waals surface area contributed by atoms with Crippen molar-refractivity contribution >= 4 is 40.8 Å². The summed E-state index contributed by atoms with van der Waals surface area (Å²) in [5, 5.41) is 3.34. The Morgan fingerprint density at radius 1 is 0.952 bits per heavy atom. The van der Waals surface area contributed by atoms with E-state index in [0.29, 0.717) is 26.9 Å². The first-order valence-electron chi connectivity index (χ1n) is 5.96. The maximum absolute atomic E-state index is 12.1. The van der Waals surface area contributed by atoms with Crippen molar-refractivity contribution in [2.24, 2.45) is 0 Å². The Labute approximate surface area is 131 Å². The van der Waals surface area contributed by atoms with Gasteiger partial charge in [0.15, 0.2) is 0 Å². The molecule has 0 bridgehead atoms. The van der Waals surface area contributed by atoms with Crippen molar-refractivity contribution in [2.45, 2.75) is 0 Å². The van der Waals surface area contributed by atoms with E-state index >= 15 is 0 Å². The Kier molecular flexibility index (Phi) is 4.83. The van der Waals surface area contributed by atoms with Crippen LogP contribution in [-0.2, 0) is 4.74 Å². The Hall–Kier alpha value is -2.04. The molecular formula is C15H11Cl2NO3. The summed E-state index contributed by atoms with van der Waals surface area (Å²) in [6.45, 7) is 0. The topological polar surface area (TPSA) is 55.4 Å². The number of benzene rings is 2. The fourth-order valence-electron chi connectivity index (χ4n) is 1.68. The van der Waals surface area contributed by atoms with Gasteiger partial charge in [-0.25, -0.2) is 4.79 Å². The van der Waals surface area contributed by atoms with E-state index in [1.807, 2.05) is 0 Å². The molecule has 1 amide bonds. The van der Waals surface area contributed by atoms with Crippen LogP contribution in [0.15, 0.2) is 42.5 Å². The highest BCUT2D eigenvalue weighted by Gasteiger charge is 2.12. The first-order chi connectivity index (χ1) is 10.0. The SMILES string of the molecule is COC(=O)c1ccc(C(=O)Nc2c(Cl)cccc2Cl)cc1. The maximum Gasteiger partial charge on any atom is 0.337 e. The van der Waals surface area contributed by atoms with Gasteiger partial charge in [-0.2, -0.15) is 0 Å². The van der Waals surface area contributed by atoms with E-state index < -0.39 is 5.97 Å². The van der Waals surface area contributed by atoms with Crippen LogP contribution >= 0.6 is 23.2 Å². The van der Waals surface area contributed by atoms with E-state index in [2.05, 4.69) is 10.1 Å². The van der Waals surface area contributed by atoms with Crippen LogP contribution < -0.4 is 5.32 Å². The molecule has 0 saturated carbocycles. The fourth-order valence-corrected chi connectivity index (χ4v) is 2.17. The minimum Gasteiger partial charge on any atom is -0.465 e. The van der Waals surface area contributed by atoms with Crippen LogP contribution in [0.5, 0.6) is 0 Å². The number of carbonyl (C=O) groups is 2. The summed E-state index contributed by atoms with van der Waals surface area (Å²) in [4.78, 5) is 23.4. The number of methoxy groups -OCH3 is 1. The number of rotatable bonds is 3. The lowest BCUT2D eigenvalue weighted by Crippen LogP contribution is -2.13. The highest BCUT2D eigenvalue weighted by molar-refractivity contribution is 6.40. The maximum atomic E-state index is 12.1. The molecule has 0 radical (unpaired) electrons. The second-order valence-corrected chi connectivity index (χ2v) is 4.93. The minimum atomic E-state index is -0.462. The molecule has 0 aromatic heterocycles. The quantitative estimate of drug-likeness (QED) is 0.867. The Morgan fingerprint density at radius 2 is 1.48 bits per heavy atom. The van der Waals surface area contributed by atoms with Gasteiger partial charge >= 0.3 is 5.97 Å². The Morgan fingerprint density at radius 3 is 2.00 bits per heavy atom. The predicted octanol–water partition coefficient (Wildman–Crippen LogP) is 4.03. The molecule has 6 heteroatoms. The number of hydrogen-bond acceptors (Lipinski definition) is 3. The third-order valence-electron chi connectivity index (χ3n) is 2.77. The number of para-hydroxylation sites is 1. The van der Waals surface area contributed by atoms with Gasteiger partial charge in [-0.05, 0) is 36.4 Å². The monoisotopic (exact) mass is 323 g/mol. The number of nitrogens with one attached hydrogen (secondary N) is 1. The largest absolute Gasteiger partial charge is 0.465 e. The summed E-state index contributed by atoms with van der Waals surface area (Å²) in [6.07, 6.45) is 0. The zero-order valence-electron chi connectivity index (χ0n) is 11.0.